The number of nitrogens with zero attached hydrogens (tertiary/aromatic N) is 5. The molecule has 6 nitrogen and oxygen atoms in total. The van der Waals surface area contributed by atoms with E-state index in [1.807, 2.05) is 0 Å². The molecule has 0 aromatic carbocycles. The second kappa shape index (κ2) is 4.64. The molecule has 0 spiro atoms. The molecule has 0 saturated carbocycles. The highest BCUT2D eigenvalue weighted by Gasteiger charge is 2.05. The van der Waals surface area contributed by atoms with Crippen LogP contribution in [-0.4, -0.2) is 24.7 Å². The highest BCUT2D eigenvalue weighted by atomic mass is 35.5. The summed E-state index contributed by atoms with van der Waals surface area (Å²) in [5.41, 5.74) is 5.45. The summed E-state index contributed by atoms with van der Waals surface area (Å²) >= 11 is 0. The molecule has 0 saturated heterocycles. The average molecular weight is 213 g/mol. The Bertz CT molecular complexity index is 386. The lowest BCUT2D eigenvalue weighted by Gasteiger charge is -1.99. The number of aromatic nitrogens is 5. The van der Waals surface area contributed by atoms with Crippen LogP contribution in [0.5, 0.6) is 0 Å². The molecule has 2 rings (SSSR count). The molecule has 74 valence electrons. The largest absolute Gasteiger partial charge is 0.324 e. The molecule has 2 N–H and O–H groups in total. The number of hydrogen-bond acceptors (Lipinski definition) is 5. The quantitative estimate of drug-likeness (QED) is 0.754. The molecule has 2 heterocycles. The topological polar surface area (TPSA) is 82.5 Å². The molecular formula is C7H9ClN6. The summed E-state index contributed by atoms with van der Waals surface area (Å²) in [5.74, 6) is 1.13. The van der Waals surface area contributed by atoms with Gasteiger partial charge in [-0.25, -0.2) is 15.0 Å². The van der Waals surface area contributed by atoms with Crippen LogP contribution in [0.15, 0.2) is 24.8 Å². The summed E-state index contributed by atoms with van der Waals surface area (Å²) in [6, 6.07) is 1.74. The van der Waals surface area contributed by atoms with Gasteiger partial charge in [0, 0.05) is 12.4 Å². The zero-order valence-electron chi connectivity index (χ0n) is 7.24. The van der Waals surface area contributed by atoms with Gasteiger partial charge in [-0.15, -0.1) is 12.4 Å². The summed E-state index contributed by atoms with van der Waals surface area (Å²) in [6.45, 7) is 0.318. The average Bonchev–Trinajstić information content (AvgIpc) is 2.67. The fourth-order valence-electron chi connectivity index (χ4n) is 0.972. The second-order valence-electron chi connectivity index (χ2n) is 2.34. The first-order chi connectivity index (χ1) is 6.42. The molecule has 0 radical (unpaired) electrons. The molecule has 0 unspecified atom stereocenters. The third-order valence-electron chi connectivity index (χ3n) is 1.54. The highest BCUT2D eigenvalue weighted by molar-refractivity contribution is 5.85. The number of rotatable bonds is 2. The van der Waals surface area contributed by atoms with E-state index in [2.05, 4.69) is 20.1 Å². The molecule has 0 bridgehead atoms. The van der Waals surface area contributed by atoms with Gasteiger partial charge in [-0.3, -0.25) is 0 Å². The Morgan fingerprint density at radius 2 is 1.93 bits per heavy atom. The molecule has 0 fully saturated rings. The van der Waals surface area contributed by atoms with E-state index in [4.69, 9.17) is 5.73 Å². The zero-order chi connectivity index (χ0) is 9.10. The Balaban J connectivity index is 0.000000980. The molecule has 0 aliphatic rings. The Kier molecular flexibility index (Phi) is 3.49. The molecule has 2 aromatic rings. The van der Waals surface area contributed by atoms with Crippen molar-refractivity contribution in [3.05, 3.63) is 30.6 Å². The predicted octanol–water partition coefficient (Wildman–Crippen LogP) is -0.0622. The molecule has 0 amide bonds. The van der Waals surface area contributed by atoms with Crippen molar-refractivity contribution in [1.29, 1.82) is 0 Å². The Morgan fingerprint density at radius 3 is 2.57 bits per heavy atom. The highest BCUT2D eigenvalue weighted by Crippen LogP contribution is 1.99. The first kappa shape index (κ1) is 10.6. The maximum absolute atomic E-state index is 5.45. The van der Waals surface area contributed by atoms with Crippen LogP contribution in [-0.2, 0) is 6.54 Å². The van der Waals surface area contributed by atoms with E-state index in [-0.39, 0.29) is 12.4 Å². The standard InChI is InChI=1S/C7H8N6.ClH/c8-4-6-11-5-12-13(6)7-9-2-1-3-10-7;/h1-3,5H,4,8H2;1H. The van der Waals surface area contributed by atoms with E-state index in [0.717, 1.165) is 0 Å². The maximum atomic E-state index is 5.45. The van der Waals surface area contributed by atoms with Gasteiger partial charge >= 0.3 is 0 Å². The van der Waals surface area contributed by atoms with Crippen molar-refractivity contribution in [3.8, 4) is 5.95 Å². The monoisotopic (exact) mass is 212 g/mol. The molecule has 0 atom stereocenters. The van der Waals surface area contributed by atoms with Crippen LogP contribution in [0.4, 0.5) is 0 Å². The van der Waals surface area contributed by atoms with E-state index in [9.17, 15) is 0 Å². The molecule has 0 aliphatic carbocycles. The van der Waals surface area contributed by atoms with E-state index in [1.54, 1.807) is 18.5 Å². The van der Waals surface area contributed by atoms with E-state index < -0.39 is 0 Å². The van der Waals surface area contributed by atoms with Gasteiger partial charge in [0.05, 0.1) is 6.54 Å². The fourth-order valence-corrected chi connectivity index (χ4v) is 0.972. The summed E-state index contributed by atoms with van der Waals surface area (Å²) in [5, 5.41) is 3.96. The summed E-state index contributed by atoms with van der Waals surface area (Å²) in [7, 11) is 0. The van der Waals surface area contributed by atoms with Crippen LogP contribution in [0.25, 0.3) is 5.95 Å². The van der Waals surface area contributed by atoms with E-state index in [1.165, 1.54) is 11.0 Å². The van der Waals surface area contributed by atoms with E-state index >= 15 is 0 Å². The van der Waals surface area contributed by atoms with Crippen LogP contribution in [0.3, 0.4) is 0 Å². The summed E-state index contributed by atoms with van der Waals surface area (Å²) < 4.78 is 1.51. The van der Waals surface area contributed by atoms with Gasteiger partial charge < -0.3 is 5.73 Å². The van der Waals surface area contributed by atoms with E-state index in [0.29, 0.717) is 18.3 Å². The minimum atomic E-state index is 0. The zero-order valence-corrected chi connectivity index (χ0v) is 8.05. The minimum absolute atomic E-state index is 0. The van der Waals surface area contributed by atoms with Gasteiger partial charge in [-0.2, -0.15) is 9.78 Å². The van der Waals surface area contributed by atoms with Crippen molar-refractivity contribution < 1.29 is 0 Å². The smallest absolute Gasteiger partial charge is 0.252 e. The lowest BCUT2D eigenvalue weighted by Crippen LogP contribution is -2.10. The Labute approximate surface area is 86.6 Å². The SMILES string of the molecule is Cl.NCc1ncnn1-c1ncccn1. The van der Waals surface area contributed by atoms with Crippen molar-refractivity contribution in [2.24, 2.45) is 5.73 Å². The normalized spacial score (nSPS) is 9.50. The first-order valence-electron chi connectivity index (χ1n) is 3.78. The number of halogens is 1. The maximum Gasteiger partial charge on any atom is 0.252 e. The van der Waals surface area contributed by atoms with Gasteiger partial charge in [0.1, 0.15) is 12.2 Å². The van der Waals surface area contributed by atoms with Crippen LogP contribution in [0, 0.1) is 0 Å². The van der Waals surface area contributed by atoms with Crippen molar-refractivity contribution in [2.75, 3.05) is 0 Å². The van der Waals surface area contributed by atoms with Crippen LogP contribution >= 0.6 is 12.4 Å². The Hall–Kier alpha value is -1.53. The number of hydrogen-bond donors (Lipinski definition) is 1. The van der Waals surface area contributed by atoms with Crippen molar-refractivity contribution in [2.45, 2.75) is 6.54 Å². The lowest BCUT2D eigenvalue weighted by atomic mass is 10.6. The van der Waals surface area contributed by atoms with Crippen molar-refractivity contribution in [1.82, 2.24) is 24.7 Å². The third-order valence-corrected chi connectivity index (χ3v) is 1.54. The van der Waals surface area contributed by atoms with Crippen molar-refractivity contribution >= 4 is 12.4 Å². The molecule has 14 heavy (non-hydrogen) atoms. The van der Waals surface area contributed by atoms with Crippen LogP contribution in [0.2, 0.25) is 0 Å². The van der Waals surface area contributed by atoms with Gasteiger partial charge in [0.2, 0.25) is 0 Å². The van der Waals surface area contributed by atoms with Gasteiger partial charge in [0.15, 0.2) is 0 Å². The van der Waals surface area contributed by atoms with Crippen molar-refractivity contribution in [3.63, 3.8) is 0 Å². The minimum Gasteiger partial charge on any atom is -0.324 e. The van der Waals surface area contributed by atoms with Gasteiger partial charge in [0.25, 0.3) is 5.95 Å². The van der Waals surface area contributed by atoms with Gasteiger partial charge in [-0.05, 0) is 6.07 Å². The molecule has 2 aromatic heterocycles. The summed E-state index contributed by atoms with van der Waals surface area (Å²) in [6.07, 6.45) is 4.72. The Morgan fingerprint density at radius 1 is 1.21 bits per heavy atom. The third kappa shape index (κ3) is 1.86. The summed E-state index contributed by atoms with van der Waals surface area (Å²) in [4.78, 5) is 12.0. The predicted molar refractivity (Wildman–Crippen MR) is 52.1 cm³/mol. The first-order valence-corrected chi connectivity index (χ1v) is 3.78. The fraction of sp³-hybridized carbons (Fsp3) is 0.143. The molecular weight excluding hydrogens is 204 g/mol. The second-order valence-corrected chi connectivity index (χ2v) is 2.34. The van der Waals surface area contributed by atoms with Gasteiger partial charge in [-0.1, -0.05) is 0 Å². The lowest BCUT2D eigenvalue weighted by molar-refractivity contribution is 0.743. The number of nitrogens with two attached hydrogens (primary N) is 1. The van der Waals surface area contributed by atoms with Crippen LogP contribution < -0.4 is 5.73 Å². The molecule has 0 aliphatic heterocycles. The molecule has 7 heteroatoms. The van der Waals surface area contributed by atoms with Crippen LogP contribution in [0.1, 0.15) is 5.82 Å².